The zero-order valence-corrected chi connectivity index (χ0v) is 19.4. The molecule has 2 aromatic carbocycles. The van der Waals surface area contributed by atoms with Gasteiger partial charge in [0.2, 0.25) is 0 Å². The molecule has 0 radical (unpaired) electrons. The first kappa shape index (κ1) is 24.5. The van der Waals surface area contributed by atoms with Crippen molar-refractivity contribution in [2.45, 2.75) is 32.4 Å². The van der Waals surface area contributed by atoms with Crippen molar-refractivity contribution >= 4 is 23.7 Å². The first-order valence-corrected chi connectivity index (χ1v) is 10.6. The van der Waals surface area contributed by atoms with Crippen LogP contribution in [0.5, 0.6) is 5.75 Å². The van der Waals surface area contributed by atoms with E-state index in [1.54, 1.807) is 32.2 Å². The van der Waals surface area contributed by atoms with E-state index in [-0.39, 0.29) is 6.42 Å². The van der Waals surface area contributed by atoms with Gasteiger partial charge < -0.3 is 25.4 Å². The molecular weight excluding hydrogens is 438 g/mol. The molecule has 2 aromatic rings. The maximum Gasteiger partial charge on any atom is 0.316 e. The molecule has 3 amide bonds. The molecule has 0 spiro atoms. The van der Waals surface area contributed by atoms with E-state index in [0.717, 1.165) is 16.7 Å². The van der Waals surface area contributed by atoms with Gasteiger partial charge >= 0.3 is 12.0 Å². The Hall–Kier alpha value is -4.14. The zero-order chi connectivity index (χ0) is 25.0. The third kappa shape index (κ3) is 5.43. The van der Waals surface area contributed by atoms with Gasteiger partial charge in [-0.1, -0.05) is 24.3 Å². The fourth-order valence-electron chi connectivity index (χ4n) is 3.81. The minimum absolute atomic E-state index is 0.329. The summed E-state index contributed by atoms with van der Waals surface area (Å²) in [6.45, 7) is 3.50. The van der Waals surface area contributed by atoms with Crippen LogP contribution in [-0.2, 0) is 14.4 Å². The Kier molecular flexibility index (Phi) is 7.35. The van der Waals surface area contributed by atoms with E-state index in [0.29, 0.717) is 16.9 Å². The molecule has 9 heteroatoms. The smallest absolute Gasteiger partial charge is 0.316 e. The monoisotopic (exact) mass is 465 g/mol. The lowest BCUT2D eigenvalue weighted by molar-refractivity contribution is -0.138. The van der Waals surface area contributed by atoms with Crippen molar-refractivity contribution in [3.05, 3.63) is 65.4 Å². The largest absolute Gasteiger partial charge is 0.497 e. The number of aryl methyl sites for hydroxylation is 1. The molecule has 3 N–H and O–H groups in total. The number of ketones is 1. The molecule has 2 atom stereocenters. The number of hydrogen-bond acceptors (Lipinski definition) is 5. The van der Waals surface area contributed by atoms with E-state index in [2.05, 4.69) is 10.6 Å². The van der Waals surface area contributed by atoms with Crippen molar-refractivity contribution in [3.63, 3.8) is 0 Å². The number of ether oxygens (including phenoxy) is 1. The number of nitrogens with zero attached hydrogens (tertiary/aromatic N) is 1. The van der Waals surface area contributed by atoms with E-state index in [1.165, 1.54) is 18.1 Å². The molecule has 0 aliphatic carbocycles. The predicted octanol–water partition coefficient (Wildman–Crippen LogP) is 2.80. The number of Topliss-reactive ketones (excluding diaryl/α,β-unsaturated/α-hetero) is 1. The van der Waals surface area contributed by atoms with E-state index in [4.69, 9.17) is 4.74 Å². The molecule has 1 aliphatic heterocycles. The third-order valence-corrected chi connectivity index (χ3v) is 5.64. The van der Waals surface area contributed by atoms with Crippen LogP contribution < -0.4 is 15.4 Å². The first-order valence-electron chi connectivity index (χ1n) is 10.6. The standard InChI is InChI=1S/C25H27N3O6/c1-14-8-9-18(34-4)11-19(14)16-6-5-7-17(10-16)20(12-21(29)30)26-25(33)27-22-23(31)15(2)13-28(3)24(22)32/h5-11,13,20,22H,12H2,1-4H3,(H,29,30)(H2,26,27,33)/t20-,22?/m0/s1. The van der Waals surface area contributed by atoms with Gasteiger partial charge in [-0.25, -0.2) is 4.79 Å². The molecule has 178 valence electrons. The molecule has 0 bridgehead atoms. The summed E-state index contributed by atoms with van der Waals surface area (Å²) in [6, 6.07) is 9.74. The number of aliphatic carboxylic acids is 1. The molecule has 0 fully saturated rings. The normalized spacial score (nSPS) is 16.5. The van der Waals surface area contributed by atoms with Crippen LogP contribution in [0.1, 0.15) is 30.5 Å². The molecule has 3 rings (SSSR count). The molecule has 1 aliphatic rings. The van der Waals surface area contributed by atoms with Crippen molar-refractivity contribution in [1.29, 1.82) is 0 Å². The zero-order valence-electron chi connectivity index (χ0n) is 19.4. The fourth-order valence-corrected chi connectivity index (χ4v) is 3.81. The van der Waals surface area contributed by atoms with Gasteiger partial charge in [0.25, 0.3) is 5.91 Å². The summed E-state index contributed by atoms with van der Waals surface area (Å²) in [5, 5.41) is 14.4. The number of carboxylic acid groups (broad SMARTS) is 1. The van der Waals surface area contributed by atoms with Crippen LogP contribution in [0.2, 0.25) is 0 Å². The summed E-state index contributed by atoms with van der Waals surface area (Å²) in [5.41, 5.74) is 3.62. The second-order valence-electron chi connectivity index (χ2n) is 8.13. The molecule has 0 aromatic heterocycles. The van der Waals surface area contributed by atoms with Crippen LogP contribution in [0.25, 0.3) is 11.1 Å². The topological polar surface area (TPSA) is 125 Å². The number of nitrogens with one attached hydrogen (secondary N) is 2. The number of hydrogen-bond donors (Lipinski definition) is 3. The number of carbonyl (C=O) groups excluding carboxylic acids is 3. The van der Waals surface area contributed by atoms with Crippen LogP contribution in [0.15, 0.2) is 54.2 Å². The summed E-state index contributed by atoms with van der Waals surface area (Å²) >= 11 is 0. The number of likely N-dealkylation sites (N-methyl/N-ethyl adjacent to an activating group) is 1. The van der Waals surface area contributed by atoms with Crippen molar-refractivity contribution < 1.29 is 29.0 Å². The van der Waals surface area contributed by atoms with E-state index in [9.17, 15) is 24.3 Å². The molecule has 0 saturated heterocycles. The Balaban J connectivity index is 1.86. The second-order valence-corrected chi connectivity index (χ2v) is 8.13. The van der Waals surface area contributed by atoms with Crippen molar-refractivity contribution in [2.75, 3.05) is 14.2 Å². The SMILES string of the molecule is COc1ccc(C)c(-c2cccc([C@H](CC(=O)O)NC(=O)NC3C(=O)C(C)=CN(C)C3=O)c2)c1. The summed E-state index contributed by atoms with van der Waals surface area (Å²) < 4.78 is 5.31. The van der Waals surface area contributed by atoms with Crippen molar-refractivity contribution in [2.24, 2.45) is 0 Å². The molecule has 0 saturated carbocycles. The highest BCUT2D eigenvalue weighted by Crippen LogP contribution is 2.30. The highest BCUT2D eigenvalue weighted by Gasteiger charge is 2.35. The quantitative estimate of drug-likeness (QED) is 0.540. The van der Waals surface area contributed by atoms with Crippen LogP contribution in [0.3, 0.4) is 0 Å². The summed E-state index contributed by atoms with van der Waals surface area (Å²) in [5.74, 6) is -1.52. The third-order valence-electron chi connectivity index (χ3n) is 5.64. The minimum atomic E-state index is -1.37. The number of rotatable bonds is 7. The average Bonchev–Trinajstić information content (AvgIpc) is 2.80. The number of methoxy groups -OCH3 is 1. The van der Waals surface area contributed by atoms with E-state index in [1.807, 2.05) is 31.2 Å². The number of urea groups is 1. The Morgan fingerprint density at radius 2 is 1.88 bits per heavy atom. The lowest BCUT2D eigenvalue weighted by Crippen LogP contribution is -2.56. The van der Waals surface area contributed by atoms with Gasteiger partial charge in [0, 0.05) is 18.8 Å². The van der Waals surface area contributed by atoms with E-state index >= 15 is 0 Å². The highest BCUT2D eigenvalue weighted by molar-refractivity contribution is 6.16. The first-order chi connectivity index (χ1) is 16.1. The molecule has 1 heterocycles. The maximum absolute atomic E-state index is 12.7. The Morgan fingerprint density at radius 1 is 1.15 bits per heavy atom. The average molecular weight is 466 g/mol. The second kappa shape index (κ2) is 10.2. The van der Waals surface area contributed by atoms with Crippen molar-refractivity contribution in [1.82, 2.24) is 15.5 Å². The summed E-state index contributed by atoms with van der Waals surface area (Å²) in [4.78, 5) is 50.2. The minimum Gasteiger partial charge on any atom is -0.497 e. The fraction of sp³-hybridized carbons (Fsp3) is 0.280. The maximum atomic E-state index is 12.7. The number of benzene rings is 2. The van der Waals surface area contributed by atoms with Gasteiger partial charge in [-0.2, -0.15) is 0 Å². The van der Waals surface area contributed by atoms with Crippen LogP contribution in [0.4, 0.5) is 4.79 Å². The Labute approximate surface area is 197 Å². The van der Waals surface area contributed by atoms with Gasteiger partial charge in [-0.15, -0.1) is 0 Å². The van der Waals surface area contributed by atoms with Crippen LogP contribution in [-0.4, -0.2) is 53.9 Å². The lowest BCUT2D eigenvalue weighted by atomic mass is 9.95. The molecule has 9 nitrogen and oxygen atoms in total. The number of carbonyl (C=O) groups is 4. The van der Waals surface area contributed by atoms with Gasteiger partial charge in [0.05, 0.1) is 19.6 Å². The Morgan fingerprint density at radius 3 is 2.56 bits per heavy atom. The molecule has 34 heavy (non-hydrogen) atoms. The highest BCUT2D eigenvalue weighted by atomic mass is 16.5. The van der Waals surface area contributed by atoms with Gasteiger partial charge in [0.1, 0.15) is 5.75 Å². The molecule has 1 unspecified atom stereocenters. The molecular formula is C25H27N3O6. The number of amides is 3. The van der Waals surface area contributed by atoms with Gasteiger partial charge in [-0.3, -0.25) is 14.4 Å². The predicted molar refractivity (Wildman–Crippen MR) is 125 cm³/mol. The van der Waals surface area contributed by atoms with Crippen molar-refractivity contribution in [3.8, 4) is 16.9 Å². The van der Waals surface area contributed by atoms with E-state index < -0.39 is 35.8 Å². The van der Waals surface area contributed by atoms with Crippen LogP contribution in [0, 0.1) is 6.92 Å². The summed E-state index contributed by atoms with van der Waals surface area (Å²) in [6.07, 6.45) is 1.01. The van der Waals surface area contributed by atoms with Gasteiger partial charge in [-0.05, 0) is 54.3 Å². The van der Waals surface area contributed by atoms with Crippen LogP contribution >= 0.6 is 0 Å². The Bertz CT molecular complexity index is 1170. The van der Waals surface area contributed by atoms with Gasteiger partial charge in [0.15, 0.2) is 11.8 Å². The number of carboxylic acids is 1. The lowest BCUT2D eigenvalue weighted by Gasteiger charge is -2.27. The summed E-state index contributed by atoms with van der Waals surface area (Å²) in [7, 11) is 3.07.